The Labute approximate surface area is 158 Å². The van der Waals surface area contributed by atoms with E-state index in [9.17, 15) is 22.8 Å². The number of pyridine rings is 1. The number of hydrogen-bond acceptors (Lipinski definition) is 9. The predicted molar refractivity (Wildman–Crippen MR) is 94.3 cm³/mol. The predicted octanol–water partition coefficient (Wildman–Crippen LogP) is 1.46. The molecular formula is C14H16N2O7S3. The van der Waals surface area contributed by atoms with E-state index in [4.69, 9.17) is 4.55 Å². The normalized spacial score (nSPS) is 18.8. The van der Waals surface area contributed by atoms with Gasteiger partial charge in [0.15, 0.2) is 5.25 Å². The SMILES string of the molecule is CC(CCC(=O)ON1C(=O)CC(S(=O)(=O)O)C1=O)SSc1ccccn1. The van der Waals surface area contributed by atoms with E-state index in [0.29, 0.717) is 6.42 Å². The van der Waals surface area contributed by atoms with E-state index in [1.54, 1.807) is 6.20 Å². The number of hydrogen-bond donors (Lipinski definition) is 1. The minimum atomic E-state index is -4.73. The van der Waals surface area contributed by atoms with Gasteiger partial charge in [-0.1, -0.05) is 23.8 Å². The highest BCUT2D eigenvalue weighted by Gasteiger charge is 2.48. The Bertz CT molecular complexity index is 785. The van der Waals surface area contributed by atoms with E-state index in [0.717, 1.165) is 5.03 Å². The van der Waals surface area contributed by atoms with Crippen LogP contribution in [0.15, 0.2) is 29.4 Å². The van der Waals surface area contributed by atoms with Crippen molar-refractivity contribution in [2.24, 2.45) is 0 Å². The highest BCUT2D eigenvalue weighted by molar-refractivity contribution is 8.76. The standard InChI is InChI=1S/C14H16N2O7S3/c1-9(24-25-11-4-2-3-7-15-11)5-6-13(18)23-16-12(17)8-10(14(16)19)26(20,21)22/h2-4,7,9-10H,5-6,8H2,1H3,(H,20,21,22). The second-order valence-corrected chi connectivity index (χ2v) is 9.65. The number of hydroxylamine groups is 2. The zero-order chi connectivity index (χ0) is 19.3. The number of aromatic nitrogens is 1. The van der Waals surface area contributed by atoms with Crippen molar-refractivity contribution < 1.29 is 32.2 Å². The largest absolute Gasteiger partial charge is 0.333 e. The van der Waals surface area contributed by atoms with E-state index in [-0.39, 0.29) is 16.7 Å². The number of amides is 2. The van der Waals surface area contributed by atoms with Crippen molar-refractivity contribution in [1.82, 2.24) is 10.0 Å². The first-order chi connectivity index (χ1) is 12.2. The molecule has 2 atom stereocenters. The molecule has 142 valence electrons. The first-order valence-electron chi connectivity index (χ1n) is 7.46. The number of imide groups is 1. The molecule has 2 heterocycles. The van der Waals surface area contributed by atoms with Crippen LogP contribution >= 0.6 is 21.6 Å². The second-order valence-electron chi connectivity index (χ2n) is 5.39. The van der Waals surface area contributed by atoms with Crippen LogP contribution in [0.2, 0.25) is 0 Å². The molecule has 2 unspecified atom stereocenters. The third kappa shape index (κ3) is 5.69. The average molecular weight is 420 g/mol. The van der Waals surface area contributed by atoms with Crippen LogP contribution in [0.4, 0.5) is 0 Å². The van der Waals surface area contributed by atoms with Crippen molar-refractivity contribution in [1.29, 1.82) is 0 Å². The number of nitrogens with zero attached hydrogens (tertiary/aromatic N) is 2. The van der Waals surface area contributed by atoms with E-state index < -0.39 is 39.6 Å². The van der Waals surface area contributed by atoms with Crippen molar-refractivity contribution >= 4 is 49.5 Å². The quantitative estimate of drug-likeness (QED) is 0.374. The minimum absolute atomic E-state index is 0.0603. The summed E-state index contributed by atoms with van der Waals surface area (Å²) in [6, 6.07) is 5.53. The smallest absolute Gasteiger partial charge is 0.330 e. The van der Waals surface area contributed by atoms with Crippen molar-refractivity contribution in [3.8, 4) is 0 Å². The second kappa shape index (κ2) is 8.84. The molecule has 1 aliphatic rings. The molecule has 2 rings (SSSR count). The van der Waals surface area contributed by atoms with Crippen LogP contribution in [0.3, 0.4) is 0 Å². The summed E-state index contributed by atoms with van der Waals surface area (Å²) in [5.41, 5.74) is 0. The first-order valence-corrected chi connectivity index (χ1v) is 11.2. The van der Waals surface area contributed by atoms with Crippen molar-refractivity contribution in [3.05, 3.63) is 24.4 Å². The molecule has 1 aromatic heterocycles. The van der Waals surface area contributed by atoms with Crippen molar-refractivity contribution in [2.45, 2.75) is 41.7 Å². The van der Waals surface area contributed by atoms with Gasteiger partial charge < -0.3 is 4.84 Å². The summed E-state index contributed by atoms with van der Waals surface area (Å²) in [5.74, 6) is -3.09. The van der Waals surface area contributed by atoms with E-state index in [1.807, 2.05) is 25.1 Å². The van der Waals surface area contributed by atoms with Crippen molar-refractivity contribution in [2.75, 3.05) is 0 Å². The topological polar surface area (TPSA) is 131 Å². The zero-order valence-corrected chi connectivity index (χ0v) is 16.1. The van der Waals surface area contributed by atoms with Gasteiger partial charge in [-0.05, 0) is 29.3 Å². The summed E-state index contributed by atoms with van der Waals surface area (Å²) in [5, 5.41) is -0.921. The lowest BCUT2D eigenvalue weighted by molar-refractivity contribution is -0.197. The van der Waals surface area contributed by atoms with Crippen molar-refractivity contribution in [3.63, 3.8) is 0 Å². The molecular weight excluding hydrogens is 404 g/mol. The first kappa shape index (κ1) is 20.7. The molecule has 1 saturated heterocycles. The molecule has 0 spiro atoms. The van der Waals surface area contributed by atoms with Crippen LogP contribution in [0, 0.1) is 0 Å². The highest BCUT2D eigenvalue weighted by atomic mass is 33.1. The van der Waals surface area contributed by atoms with Gasteiger partial charge in [0.25, 0.3) is 21.9 Å². The maximum atomic E-state index is 11.8. The Hall–Kier alpha value is -1.63. The summed E-state index contributed by atoms with van der Waals surface area (Å²) in [4.78, 5) is 44.0. The Kier molecular flexibility index (Phi) is 7.03. The van der Waals surface area contributed by atoms with Gasteiger partial charge in [0.05, 0.1) is 6.42 Å². The van der Waals surface area contributed by atoms with Gasteiger partial charge >= 0.3 is 5.97 Å². The molecule has 0 bridgehead atoms. The molecule has 12 heteroatoms. The monoisotopic (exact) mass is 420 g/mol. The lowest BCUT2D eigenvalue weighted by Crippen LogP contribution is -2.36. The Balaban J connectivity index is 1.78. The molecule has 1 aromatic rings. The molecule has 0 radical (unpaired) electrons. The maximum absolute atomic E-state index is 11.8. The van der Waals surface area contributed by atoms with Gasteiger partial charge in [-0.25, -0.2) is 9.78 Å². The van der Waals surface area contributed by atoms with E-state index >= 15 is 0 Å². The van der Waals surface area contributed by atoms with Gasteiger partial charge in [-0.15, -0.1) is 5.06 Å². The number of carbonyl (C=O) groups is 3. The van der Waals surface area contributed by atoms with Gasteiger partial charge in [0.1, 0.15) is 5.03 Å². The molecule has 1 fully saturated rings. The highest BCUT2D eigenvalue weighted by Crippen LogP contribution is 2.34. The molecule has 0 saturated carbocycles. The lowest BCUT2D eigenvalue weighted by atomic mass is 10.2. The fraction of sp³-hybridized carbons (Fsp3) is 0.429. The average Bonchev–Trinajstić information content (AvgIpc) is 2.87. The van der Waals surface area contributed by atoms with Crippen LogP contribution in [-0.2, 0) is 29.3 Å². The molecule has 26 heavy (non-hydrogen) atoms. The Morgan fingerprint density at radius 3 is 2.77 bits per heavy atom. The summed E-state index contributed by atoms with van der Waals surface area (Å²) in [7, 11) is -1.77. The van der Waals surface area contributed by atoms with Gasteiger partial charge in [0, 0.05) is 17.9 Å². The molecule has 0 aliphatic carbocycles. The number of carbonyl (C=O) groups excluding carboxylic acids is 3. The Morgan fingerprint density at radius 2 is 2.19 bits per heavy atom. The molecule has 9 nitrogen and oxygen atoms in total. The fourth-order valence-electron chi connectivity index (χ4n) is 1.96. The molecule has 0 aromatic carbocycles. The van der Waals surface area contributed by atoms with E-state index in [2.05, 4.69) is 9.82 Å². The lowest BCUT2D eigenvalue weighted by Gasteiger charge is -2.14. The van der Waals surface area contributed by atoms with Gasteiger partial charge in [-0.2, -0.15) is 8.42 Å². The summed E-state index contributed by atoms with van der Waals surface area (Å²) in [6.45, 7) is 1.90. The third-order valence-corrected chi connectivity index (χ3v) is 7.25. The summed E-state index contributed by atoms with van der Waals surface area (Å²) in [6.07, 6.45) is 1.28. The molecule has 1 N–H and O–H groups in total. The van der Waals surface area contributed by atoms with Crippen LogP contribution < -0.4 is 0 Å². The van der Waals surface area contributed by atoms with Crippen LogP contribution in [0.25, 0.3) is 0 Å². The Morgan fingerprint density at radius 1 is 1.46 bits per heavy atom. The van der Waals surface area contributed by atoms with E-state index in [1.165, 1.54) is 21.6 Å². The molecule has 1 aliphatic heterocycles. The molecule has 2 amide bonds. The number of rotatable bonds is 8. The third-order valence-electron chi connectivity index (χ3n) is 3.31. The zero-order valence-electron chi connectivity index (χ0n) is 13.6. The maximum Gasteiger partial charge on any atom is 0.333 e. The summed E-state index contributed by atoms with van der Waals surface area (Å²) >= 11 is 0. The fourth-order valence-corrected chi connectivity index (χ4v) is 4.75. The van der Waals surface area contributed by atoms with Crippen LogP contribution in [-0.4, -0.2) is 51.3 Å². The summed E-state index contributed by atoms with van der Waals surface area (Å²) < 4.78 is 31.0. The van der Waals surface area contributed by atoms with Crippen LogP contribution in [0.1, 0.15) is 26.2 Å². The van der Waals surface area contributed by atoms with Crippen LogP contribution in [0.5, 0.6) is 0 Å². The van der Waals surface area contributed by atoms with Gasteiger partial charge in [-0.3, -0.25) is 14.1 Å². The van der Waals surface area contributed by atoms with Gasteiger partial charge in [0.2, 0.25) is 0 Å². The minimum Gasteiger partial charge on any atom is -0.330 e.